The number of halogens is 2. The molecule has 0 spiro atoms. The Morgan fingerprint density at radius 3 is 2.67 bits per heavy atom. The van der Waals surface area contributed by atoms with Crippen LogP contribution in [-0.2, 0) is 6.54 Å². The molecule has 0 radical (unpaired) electrons. The molecule has 1 aromatic rings. The lowest BCUT2D eigenvalue weighted by Crippen LogP contribution is -2.47. The predicted octanol–water partition coefficient (Wildman–Crippen LogP) is 4.59. The van der Waals surface area contributed by atoms with Gasteiger partial charge in [0, 0.05) is 25.2 Å². The molecule has 1 aliphatic heterocycles. The fourth-order valence-corrected chi connectivity index (χ4v) is 3.20. The Labute approximate surface area is 138 Å². The number of rotatable bonds is 2. The number of nitrogens with one attached hydrogen (secondary N) is 1. The molecule has 2 atom stereocenters. The normalized spacial score (nSPS) is 24.9. The zero-order valence-corrected chi connectivity index (χ0v) is 14.9. The molecule has 2 unspecified atom stereocenters. The van der Waals surface area contributed by atoms with Gasteiger partial charge in [0.1, 0.15) is 0 Å². The summed E-state index contributed by atoms with van der Waals surface area (Å²) in [4.78, 5) is 2.52. The predicted molar refractivity (Wildman–Crippen MR) is 92.2 cm³/mol. The highest BCUT2D eigenvalue weighted by molar-refractivity contribution is 6.42. The molecule has 0 amide bonds. The van der Waals surface area contributed by atoms with Crippen LogP contribution in [-0.4, -0.2) is 30.1 Å². The first-order valence-corrected chi connectivity index (χ1v) is 8.45. The Kier molecular flexibility index (Phi) is 5.59. The van der Waals surface area contributed by atoms with Crippen molar-refractivity contribution < 1.29 is 0 Å². The molecular formula is C17H26Cl2N2. The lowest BCUT2D eigenvalue weighted by Gasteiger charge is -2.35. The summed E-state index contributed by atoms with van der Waals surface area (Å²) in [5.41, 5.74) is 1.37. The minimum absolute atomic E-state index is 0.250. The van der Waals surface area contributed by atoms with Crippen LogP contribution in [0.2, 0.25) is 10.0 Å². The molecule has 21 heavy (non-hydrogen) atoms. The zero-order chi connectivity index (χ0) is 15.6. The SMILES string of the molecule is CC1CCNC(C(C)(C)C)CN1Cc1cccc(Cl)c1Cl. The number of hydrogen-bond donors (Lipinski definition) is 1. The topological polar surface area (TPSA) is 15.3 Å². The Hall–Kier alpha value is -0.280. The fourth-order valence-electron chi connectivity index (χ4n) is 2.82. The van der Waals surface area contributed by atoms with Gasteiger partial charge in [-0.05, 0) is 36.9 Å². The van der Waals surface area contributed by atoms with E-state index in [1.54, 1.807) is 0 Å². The van der Waals surface area contributed by atoms with Gasteiger partial charge in [0.05, 0.1) is 10.0 Å². The lowest BCUT2D eigenvalue weighted by molar-refractivity contribution is 0.157. The average Bonchev–Trinajstić information content (AvgIpc) is 2.57. The molecule has 0 bridgehead atoms. The highest BCUT2D eigenvalue weighted by atomic mass is 35.5. The van der Waals surface area contributed by atoms with Gasteiger partial charge in [-0.2, -0.15) is 0 Å². The van der Waals surface area contributed by atoms with E-state index in [1.807, 2.05) is 12.1 Å². The van der Waals surface area contributed by atoms with Gasteiger partial charge in [-0.3, -0.25) is 4.90 Å². The first-order valence-electron chi connectivity index (χ1n) is 7.69. The van der Waals surface area contributed by atoms with Gasteiger partial charge in [-0.15, -0.1) is 0 Å². The van der Waals surface area contributed by atoms with Crippen molar-refractivity contribution in [3.8, 4) is 0 Å². The molecule has 0 aromatic heterocycles. The van der Waals surface area contributed by atoms with Gasteiger partial charge >= 0.3 is 0 Å². The van der Waals surface area contributed by atoms with Crippen LogP contribution in [0.15, 0.2) is 18.2 Å². The van der Waals surface area contributed by atoms with E-state index in [2.05, 4.69) is 44.0 Å². The van der Waals surface area contributed by atoms with Gasteiger partial charge in [0.25, 0.3) is 0 Å². The molecule has 0 aliphatic carbocycles. The molecule has 0 saturated carbocycles. The number of hydrogen-bond acceptors (Lipinski definition) is 2. The van der Waals surface area contributed by atoms with E-state index >= 15 is 0 Å². The summed E-state index contributed by atoms with van der Waals surface area (Å²) in [7, 11) is 0. The third-order valence-electron chi connectivity index (χ3n) is 4.44. The summed E-state index contributed by atoms with van der Waals surface area (Å²) in [6.45, 7) is 12.2. The molecule has 1 heterocycles. The first-order chi connectivity index (χ1) is 9.79. The van der Waals surface area contributed by atoms with E-state index in [-0.39, 0.29) is 5.41 Å². The molecule has 1 fully saturated rings. The van der Waals surface area contributed by atoms with Gasteiger partial charge < -0.3 is 5.32 Å². The van der Waals surface area contributed by atoms with Crippen LogP contribution in [0, 0.1) is 5.41 Å². The van der Waals surface area contributed by atoms with Crippen molar-refractivity contribution in [1.82, 2.24) is 10.2 Å². The third-order valence-corrected chi connectivity index (χ3v) is 5.30. The summed E-state index contributed by atoms with van der Waals surface area (Å²) in [5.74, 6) is 0. The van der Waals surface area contributed by atoms with Crippen LogP contribution in [0.1, 0.15) is 39.7 Å². The molecule has 2 rings (SSSR count). The maximum atomic E-state index is 6.35. The van der Waals surface area contributed by atoms with Gasteiger partial charge in [0.2, 0.25) is 0 Å². The van der Waals surface area contributed by atoms with E-state index in [0.717, 1.165) is 31.6 Å². The largest absolute Gasteiger partial charge is 0.312 e. The van der Waals surface area contributed by atoms with Crippen LogP contribution in [0.5, 0.6) is 0 Å². The van der Waals surface area contributed by atoms with Crippen molar-refractivity contribution in [1.29, 1.82) is 0 Å². The van der Waals surface area contributed by atoms with E-state index < -0.39 is 0 Å². The van der Waals surface area contributed by atoms with Crippen molar-refractivity contribution in [2.45, 2.75) is 52.7 Å². The van der Waals surface area contributed by atoms with E-state index in [4.69, 9.17) is 23.2 Å². The summed E-state index contributed by atoms with van der Waals surface area (Å²) in [6, 6.07) is 6.93. The quantitative estimate of drug-likeness (QED) is 0.853. The van der Waals surface area contributed by atoms with Crippen LogP contribution >= 0.6 is 23.2 Å². The maximum Gasteiger partial charge on any atom is 0.0637 e. The minimum atomic E-state index is 0.250. The van der Waals surface area contributed by atoms with Crippen LogP contribution in [0.4, 0.5) is 0 Å². The molecule has 1 aromatic carbocycles. The summed E-state index contributed by atoms with van der Waals surface area (Å²) < 4.78 is 0. The van der Waals surface area contributed by atoms with Crippen LogP contribution in [0.3, 0.4) is 0 Å². The molecule has 1 saturated heterocycles. The fraction of sp³-hybridized carbons (Fsp3) is 0.647. The van der Waals surface area contributed by atoms with Crippen LogP contribution < -0.4 is 5.32 Å². The smallest absolute Gasteiger partial charge is 0.0637 e. The van der Waals surface area contributed by atoms with Crippen molar-refractivity contribution >= 4 is 23.2 Å². The molecule has 1 aliphatic rings. The second kappa shape index (κ2) is 6.87. The zero-order valence-electron chi connectivity index (χ0n) is 13.4. The molecular weight excluding hydrogens is 303 g/mol. The van der Waals surface area contributed by atoms with Gasteiger partial charge in [-0.25, -0.2) is 0 Å². The second-order valence-corrected chi connectivity index (χ2v) is 7.94. The highest BCUT2D eigenvalue weighted by Crippen LogP contribution is 2.29. The number of benzene rings is 1. The Morgan fingerprint density at radius 2 is 2.00 bits per heavy atom. The molecule has 2 nitrogen and oxygen atoms in total. The molecule has 4 heteroatoms. The summed E-state index contributed by atoms with van der Waals surface area (Å²) >= 11 is 12.5. The standard InChI is InChI=1S/C17H26Cl2N2/c1-12-8-9-20-15(17(2,3)4)11-21(12)10-13-6-5-7-14(18)16(13)19/h5-7,12,15,20H,8-11H2,1-4H3. The Morgan fingerprint density at radius 1 is 1.29 bits per heavy atom. The van der Waals surface area contributed by atoms with Crippen molar-refractivity contribution in [3.63, 3.8) is 0 Å². The first kappa shape index (κ1) is 17.1. The summed E-state index contributed by atoms with van der Waals surface area (Å²) in [6.07, 6.45) is 1.16. The van der Waals surface area contributed by atoms with Crippen molar-refractivity contribution in [3.05, 3.63) is 33.8 Å². The minimum Gasteiger partial charge on any atom is -0.312 e. The van der Waals surface area contributed by atoms with Crippen molar-refractivity contribution in [2.75, 3.05) is 13.1 Å². The summed E-state index contributed by atoms with van der Waals surface area (Å²) in [5, 5.41) is 5.02. The average molecular weight is 329 g/mol. The highest BCUT2D eigenvalue weighted by Gasteiger charge is 2.30. The van der Waals surface area contributed by atoms with E-state index in [9.17, 15) is 0 Å². The Bertz CT molecular complexity index is 482. The Balaban J connectivity index is 2.17. The van der Waals surface area contributed by atoms with Crippen molar-refractivity contribution in [2.24, 2.45) is 5.41 Å². The molecule has 1 N–H and O–H groups in total. The second-order valence-electron chi connectivity index (χ2n) is 7.15. The third kappa shape index (κ3) is 4.35. The van der Waals surface area contributed by atoms with Gasteiger partial charge in [-0.1, -0.05) is 56.1 Å². The monoisotopic (exact) mass is 328 g/mol. The van der Waals surface area contributed by atoms with Crippen LogP contribution in [0.25, 0.3) is 0 Å². The molecule has 118 valence electrons. The maximum absolute atomic E-state index is 6.35. The number of nitrogens with zero attached hydrogens (tertiary/aromatic N) is 1. The lowest BCUT2D eigenvalue weighted by atomic mass is 9.86. The van der Waals surface area contributed by atoms with E-state index in [1.165, 1.54) is 0 Å². The van der Waals surface area contributed by atoms with E-state index in [0.29, 0.717) is 22.1 Å². The van der Waals surface area contributed by atoms with Gasteiger partial charge in [0.15, 0.2) is 0 Å².